The molecule has 1 aliphatic heterocycles. The van der Waals surface area contributed by atoms with Gasteiger partial charge in [-0.1, -0.05) is 0 Å². The van der Waals surface area contributed by atoms with Gasteiger partial charge in [0.2, 0.25) is 5.78 Å². The Kier molecular flexibility index (Phi) is 6.81. The lowest BCUT2D eigenvalue weighted by atomic mass is 10.1. The molecule has 2 aromatic rings. The number of nitrogens with one attached hydrogen (secondary N) is 1. The van der Waals surface area contributed by atoms with Gasteiger partial charge < -0.3 is 24.3 Å². The Balaban J connectivity index is 1.60. The Morgan fingerprint density at radius 2 is 1.48 bits per heavy atom. The molecule has 172 valence electrons. The van der Waals surface area contributed by atoms with Crippen LogP contribution in [0.3, 0.4) is 0 Å². The van der Waals surface area contributed by atoms with Crippen LogP contribution >= 0.6 is 0 Å². The molecule has 9 heteroatoms. The molecular weight excluding hydrogens is 430 g/mol. The summed E-state index contributed by atoms with van der Waals surface area (Å²) in [6.07, 6.45) is 0.184. The Labute approximate surface area is 190 Å². The smallest absolute Gasteiger partial charge is 0.350 e. The van der Waals surface area contributed by atoms with Crippen LogP contribution in [0.2, 0.25) is 0 Å². The van der Waals surface area contributed by atoms with Crippen LogP contribution in [0.4, 0.5) is 5.69 Å². The molecule has 33 heavy (non-hydrogen) atoms. The maximum absolute atomic E-state index is 12.5. The van der Waals surface area contributed by atoms with Crippen LogP contribution in [-0.2, 0) is 23.8 Å². The number of hydrogen-bond donors (Lipinski definition) is 1. The summed E-state index contributed by atoms with van der Waals surface area (Å²) < 4.78 is 20.4. The first-order valence-electron chi connectivity index (χ1n) is 10.0. The minimum atomic E-state index is -1.32. The third-order valence-electron chi connectivity index (χ3n) is 4.65. The molecule has 9 nitrogen and oxygen atoms in total. The first-order valence-corrected chi connectivity index (χ1v) is 10.0. The second-order valence-corrected chi connectivity index (χ2v) is 7.60. The Hall–Kier alpha value is -4.14. The van der Waals surface area contributed by atoms with E-state index in [1.54, 1.807) is 36.4 Å². The van der Waals surface area contributed by atoms with Crippen molar-refractivity contribution in [3.8, 4) is 5.75 Å². The van der Waals surface area contributed by atoms with Gasteiger partial charge in [0.15, 0.2) is 11.7 Å². The van der Waals surface area contributed by atoms with Crippen LogP contribution in [0.1, 0.15) is 41.5 Å². The first kappa shape index (κ1) is 23.5. The van der Waals surface area contributed by atoms with Gasteiger partial charge in [0.25, 0.3) is 5.79 Å². The maximum atomic E-state index is 12.5. The monoisotopic (exact) mass is 453 g/mol. The van der Waals surface area contributed by atoms with Crippen molar-refractivity contribution in [1.82, 2.24) is 0 Å². The van der Waals surface area contributed by atoms with Crippen molar-refractivity contribution in [2.75, 3.05) is 12.4 Å². The molecule has 1 unspecified atom stereocenters. The molecular formula is C24H23NO8. The molecule has 1 aliphatic rings. The van der Waals surface area contributed by atoms with Crippen molar-refractivity contribution in [2.24, 2.45) is 0 Å². The predicted molar refractivity (Wildman–Crippen MR) is 117 cm³/mol. The van der Waals surface area contributed by atoms with Crippen molar-refractivity contribution >= 4 is 29.4 Å². The minimum Gasteiger partial charge on any atom is -0.497 e. The standard InChI is InChI=1S/C24H23NO8/c1-14(20(26)15-7-11-18(30-4)12-8-15)31-21(27)16-5-9-17(10-6-16)25-13-19-22(28)32-24(2,3)33-23(19)29/h5-14,25H,1-4H3. The SMILES string of the molecule is COc1ccc(C(=O)C(C)OC(=O)c2ccc(NC=C3C(=O)OC(C)(C)OC3=O)cc2)cc1. The van der Waals surface area contributed by atoms with Crippen LogP contribution in [0.15, 0.2) is 60.3 Å². The molecule has 1 N–H and O–H groups in total. The quantitative estimate of drug-likeness (QED) is 0.292. The number of ketones is 1. The van der Waals surface area contributed by atoms with Crippen LogP contribution in [0.25, 0.3) is 0 Å². The van der Waals surface area contributed by atoms with Crippen molar-refractivity contribution in [3.05, 3.63) is 71.4 Å². The number of carbonyl (C=O) groups excluding carboxylic acids is 4. The van der Waals surface area contributed by atoms with Crippen molar-refractivity contribution in [2.45, 2.75) is 32.7 Å². The number of esters is 3. The number of anilines is 1. The van der Waals surface area contributed by atoms with E-state index in [4.69, 9.17) is 18.9 Å². The fourth-order valence-corrected chi connectivity index (χ4v) is 2.91. The average molecular weight is 453 g/mol. The summed E-state index contributed by atoms with van der Waals surface area (Å²) in [5.41, 5.74) is 0.822. The molecule has 0 aliphatic carbocycles. The van der Waals surface area contributed by atoms with E-state index >= 15 is 0 Å². The molecule has 0 saturated carbocycles. The lowest BCUT2D eigenvalue weighted by Gasteiger charge is -2.29. The molecule has 3 rings (SSSR count). The van der Waals surface area contributed by atoms with Gasteiger partial charge in [-0.15, -0.1) is 0 Å². The van der Waals surface area contributed by atoms with E-state index in [2.05, 4.69) is 5.32 Å². The highest BCUT2D eigenvalue weighted by atomic mass is 16.7. The van der Waals surface area contributed by atoms with Gasteiger partial charge in [-0.3, -0.25) is 4.79 Å². The Morgan fingerprint density at radius 1 is 0.939 bits per heavy atom. The van der Waals surface area contributed by atoms with Gasteiger partial charge in [-0.25, -0.2) is 14.4 Å². The summed E-state index contributed by atoms with van der Waals surface area (Å²) in [5.74, 6) is -3.33. The molecule has 0 aromatic heterocycles. The van der Waals surface area contributed by atoms with E-state index in [1.165, 1.54) is 46.2 Å². The normalized spacial score (nSPS) is 15.6. The largest absolute Gasteiger partial charge is 0.497 e. The molecule has 1 atom stereocenters. The van der Waals surface area contributed by atoms with Crippen LogP contribution in [0, 0.1) is 0 Å². The number of methoxy groups -OCH3 is 1. The number of ether oxygens (including phenoxy) is 4. The fourth-order valence-electron chi connectivity index (χ4n) is 2.91. The third-order valence-corrected chi connectivity index (χ3v) is 4.65. The zero-order valence-electron chi connectivity index (χ0n) is 18.5. The Morgan fingerprint density at radius 3 is 2.03 bits per heavy atom. The molecule has 0 spiro atoms. The fraction of sp³-hybridized carbons (Fsp3) is 0.250. The number of Topliss-reactive ketones (excluding diaryl/α,β-unsaturated/α-hetero) is 1. The van der Waals surface area contributed by atoms with E-state index in [-0.39, 0.29) is 16.9 Å². The summed E-state index contributed by atoms with van der Waals surface area (Å²) in [4.78, 5) is 48.8. The number of carbonyl (C=O) groups is 4. The molecule has 1 saturated heterocycles. The average Bonchev–Trinajstić information content (AvgIpc) is 2.77. The van der Waals surface area contributed by atoms with Crippen molar-refractivity contribution < 1.29 is 38.1 Å². The van der Waals surface area contributed by atoms with Crippen LogP contribution < -0.4 is 10.1 Å². The minimum absolute atomic E-state index is 0.223. The number of rotatable bonds is 7. The summed E-state index contributed by atoms with van der Waals surface area (Å²) in [6.45, 7) is 4.41. The predicted octanol–water partition coefficient (Wildman–Crippen LogP) is 3.26. The zero-order valence-corrected chi connectivity index (χ0v) is 18.5. The van der Waals surface area contributed by atoms with Crippen LogP contribution in [-0.4, -0.2) is 42.7 Å². The third kappa shape index (κ3) is 5.76. The highest BCUT2D eigenvalue weighted by Crippen LogP contribution is 2.23. The molecule has 0 amide bonds. The summed E-state index contributed by atoms with van der Waals surface area (Å²) in [5, 5.41) is 2.78. The second kappa shape index (κ2) is 9.56. The number of hydrogen-bond acceptors (Lipinski definition) is 9. The Bertz CT molecular complexity index is 1080. The van der Waals surface area contributed by atoms with Gasteiger partial charge in [-0.2, -0.15) is 0 Å². The lowest BCUT2D eigenvalue weighted by molar-refractivity contribution is -0.222. The van der Waals surface area contributed by atoms with E-state index in [0.29, 0.717) is 17.0 Å². The van der Waals surface area contributed by atoms with Gasteiger partial charge >= 0.3 is 17.9 Å². The highest BCUT2D eigenvalue weighted by molar-refractivity contribution is 6.15. The van der Waals surface area contributed by atoms with E-state index in [0.717, 1.165) is 0 Å². The van der Waals surface area contributed by atoms with Gasteiger partial charge in [0, 0.05) is 31.3 Å². The highest BCUT2D eigenvalue weighted by Gasteiger charge is 2.38. The number of cyclic esters (lactones) is 2. The lowest BCUT2D eigenvalue weighted by Crippen LogP contribution is -2.42. The van der Waals surface area contributed by atoms with Gasteiger partial charge in [0.1, 0.15) is 5.75 Å². The van der Waals surface area contributed by atoms with Crippen LogP contribution in [0.5, 0.6) is 5.75 Å². The summed E-state index contributed by atoms with van der Waals surface area (Å²) in [7, 11) is 1.53. The van der Waals surface area contributed by atoms with E-state index in [1.807, 2.05) is 0 Å². The topological polar surface area (TPSA) is 117 Å². The van der Waals surface area contributed by atoms with Crippen molar-refractivity contribution in [1.29, 1.82) is 0 Å². The number of benzene rings is 2. The van der Waals surface area contributed by atoms with E-state index in [9.17, 15) is 19.2 Å². The molecule has 2 aromatic carbocycles. The maximum Gasteiger partial charge on any atom is 0.350 e. The molecule has 1 fully saturated rings. The first-order chi connectivity index (χ1) is 15.6. The molecule has 0 bridgehead atoms. The van der Waals surface area contributed by atoms with Gasteiger partial charge in [-0.05, 0) is 55.5 Å². The summed E-state index contributed by atoms with van der Waals surface area (Å²) in [6, 6.07) is 12.5. The molecule has 0 radical (unpaired) electrons. The second-order valence-electron chi connectivity index (χ2n) is 7.60. The molecule has 1 heterocycles. The van der Waals surface area contributed by atoms with Crippen molar-refractivity contribution in [3.63, 3.8) is 0 Å². The zero-order chi connectivity index (χ0) is 24.2. The van der Waals surface area contributed by atoms with Gasteiger partial charge in [0.05, 0.1) is 12.7 Å². The van der Waals surface area contributed by atoms with E-state index < -0.39 is 29.8 Å². The summed E-state index contributed by atoms with van der Waals surface area (Å²) >= 11 is 0.